The van der Waals surface area contributed by atoms with Gasteiger partial charge in [0.2, 0.25) is 0 Å². The van der Waals surface area contributed by atoms with E-state index in [1.807, 2.05) is 31.2 Å². The van der Waals surface area contributed by atoms with E-state index in [9.17, 15) is 9.90 Å². The maximum atomic E-state index is 12.3. The summed E-state index contributed by atoms with van der Waals surface area (Å²) in [6.07, 6.45) is 1.40. The molecular formula is C18H27NO4. The predicted octanol–water partition coefficient (Wildman–Crippen LogP) is 1.92. The molecule has 1 heterocycles. The number of carbonyl (C=O) groups excluding carboxylic acids is 1. The first kappa shape index (κ1) is 17.9. The third-order valence-electron chi connectivity index (χ3n) is 3.97. The average molecular weight is 321 g/mol. The van der Waals surface area contributed by atoms with E-state index in [0.29, 0.717) is 31.8 Å². The number of rotatable bonds is 7. The molecule has 5 nitrogen and oxygen atoms in total. The zero-order valence-corrected chi connectivity index (χ0v) is 14.2. The number of benzene rings is 1. The largest absolute Gasteiger partial charge is 0.390 e. The van der Waals surface area contributed by atoms with Gasteiger partial charge in [-0.2, -0.15) is 0 Å². The van der Waals surface area contributed by atoms with Crippen molar-refractivity contribution in [3.05, 3.63) is 35.4 Å². The highest BCUT2D eigenvalue weighted by atomic mass is 16.5. The lowest BCUT2D eigenvalue weighted by Crippen LogP contribution is -2.43. The molecule has 0 aromatic heterocycles. The summed E-state index contributed by atoms with van der Waals surface area (Å²) in [5.74, 6) is -0.112. The number of nitrogens with one attached hydrogen (secondary N) is 1. The van der Waals surface area contributed by atoms with Crippen LogP contribution in [-0.2, 0) is 15.9 Å². The molecule has 1 saturated heterocycles. The van der Waals surface area contributed by atoms with Gasteiger partial charge in [0.1, 0.15) is 6.10 Å². The van der Waals surface area contributed by atoms with Crippen LogP contribution in [-0.4, -0.2) is 48.6 Å². The standard InChI is InChI=1S/C18H27NO4/c1-4-23-16-12-22-11-15(16)19-17(20)14-7-5-13(6-8-14)9-10-18(2,3)21/h5-8,15-16,21H,4,9-12H2,1-3H3,(H,19,20)/t15-,16-/m0/s1. The van der Waals surface area contributed by atoms with Crippen molar-refractivity contribution in [1.82, 2.24) is 5.32 Å². The van der Waals surface area contributed by atoms with Gasteiger partial charge in [-0.05, 0) is 51.3 Å². The minimum absolute atomic E-state index is 0.0741. The van der Waals surface area contributed by atoms with Gasteiger partial charge in [-0.1, -0.05) is 12.1 Å². The summed E-state index contributed by atoms with van der Waals surface area (Å²) >= 11 is 0. The fraction of sp³-hybridized carbons (Fsp3) is 0.611. The van der Waals surface area contributed by atoms with Crippen molar-refractivity contribution in [2.75, 3.05) is 19.8 Å². The first-order valence-corrected chi connectivity index (χ1v) is 8.20. The molecule has 0 saturated carbocycles. The molecule has 0 unspecified atom stereocenters. The molecule has 0 aliphatic carbocycles. The van der Waals surface area contributed by atoms with E-state index in [1.54, 1.807) is 13.8 Å². The Morgan fingerprint density at radius 1 is 1.35 bits per heavy atom. The highest BCUT2D eigenvalue weighted by molar-refractivity contribution is 5.94. The van der Waals surface area contributed by atoms with Crippen molar-refractivity contribution in [2.24, 2.45) is 0 Å². The SMILES string of the molecule is CCO[C@H]1COC[C@@H]1NC(=O)c1ccc(CCC(C)(C)O)cc1. The molecule has 1 aromatic carbocycles. The molecule has 1 aromatic rings. The minimum Gasteiger partial charge on any atom is -0.390 e. The van der Waals surface area contributed by atoms with Gasteiger partial charge in [0.25, 0.3) is 5.91 Å². The fourth-order valence-corrected chi connectivity index (χ4v) is 2.57. The van der Waals surface area contributed by atoms with Crippen LogP contribution in [0.3, 0.4) is 0 Å². The fourth-order valence-electron chi connectivity index (χ4n) is 2.57. The highest BCUT2D eigenvalue weighted by Gasteiger charge is 2.30. The molecule has 1 amide bonds. The summed E-state index contributed by atoms with van der Waals surface area (Å²) in [4.78, 5) is 12.3. The van der Waals surface area contributed by atoms with Crippen LogP contribution >= 0.6 is 0 Å². The van der Waals surface area contributed by atoms with Crippen LogP contribution in [0.5, 0.6) is 0 Å². The third-order valence-corrected chi connectivity index (χ3v) is 3.97. The number of amides is 1. The smallest absolute Gasteiger partial charge is 0.251 e. The molecule has 2 rings (SSSR count). The summed E-state index contributed by atoms with van der Waals surface area (Å²) < 4.78 is 11.0. The van der Waals surface area contributed by atoms with Gasteiger partial charge >= 0.3 is 0 Å². The lowest BCUT2D eigenvalue weighted by Gasteiger charge is -2.19. The second-order valence-electron chi connectivity index (χ2n) is 6.62. The van der Waals surface area contributed by atoms with E-state index in [2.05, 4.69) is 5.32 Å². The topological polar surface area (TPSA) is 67.8 Å². The van der Waals surface area contributed by atoms with Crippen LogP contribution in [0.4, 0.5) is 0 Å². The monoisotopic (exact) mass is 321 g/mol. The maximum absolute atomic E-state index is 12.3. The molecule has 1 aliphatic rings. The molecule has 2 N–H and O–H groups in total. The molecule has 1 aliphatic heterocycles. The van der Waals surface area contributed by atoms with Gasteiger partial charge in [-0.15, -0.1) is 0 Å². The van der Waals surface area contributed by atoms with Gasteiger partial charge in [-0.25, -0.2) is 0 Å². The third kappa shape index (κ3) is 5.61. The van der Waals surface area contributed by atoms with Gasteiger partial charge in [0.05, 0.1) is 24.9 Å². The number of ether oxygens (including phenoxy) is 2. The normalized spacial score (nSPS) is 21.4. The molecule has 0 radical (unpaired) electrons. The zero-order valence-electron chi connectivity index (χ0n) is 14.2. The molecule has 1 fully saturated rings. The zero-order chi connectivity index (χ0) is 16.9. The van der Waals surface area contributed by atoms with Crippen molar-refractivity contribution in [1.29, 1.82) is 0 Å². The van der Waals surface area contributed by atoms with E-state index >= 15 is 0 Å². The second kappa shape index (κ2) is 7.90. The average Bonchev–Trinajstić information content (AvgIpc) is 2.92. The van der Waals surface area contributed by atoms with E-state index in [-0.39, 0.29) is 18.1 Å². The Bertz CT molecular complexity index is 507. The van der Waals surface area contributed by atoms with Crippen LogP contribution in [0, 0.1) is 0 Å². The van der Waals surface area contributed by atoms with E-state index < -0.39 is 5.60 Å². The van der Waals surface area contributed by atoms with E-state index in [1.165, 1.54) is 0 Å². The van der Waals surface area contributed by atoms with Crippen molar-refractivity contribution in [2.45, 2.75) is 51.4 Å². The lowest BCUT2D eigenvalue weighted by molar-refractivity contribution is 0.0402. The molecule has 2 atom stereocenters. The number of carbonyl (C=O) groups is 1. The van der Waals surface area contributed by atoms with Gasteiger partial charge < -0.3 is 19.9 Å². The number of hydrogen-bond donors (Lipinski definition) is 2. The van der Waals surface area contributed by atoms with Crippen molar-refractivity contribution < 1.29 is 19.4 Å². The van der Waals surface area contributed by atoms with Crippen LogP contribution in [0.15, 0.2) is 24.3 Å². The van der Waals surface area contributed by atoms with Gasteiger partial charge in [-0.3, -0.25) is 4.79 Å². The highest BCUT2D eigenvalue weighted by Crippen LogP contribution is 2.15. The number of hydrogen-bond acceptors (Lipinski definition) is 4. The Morgan fingerprint density at radius 2 is 2.04 bits per heavy atom. The van der Waals surface area contributed by atoms with Gasteiger partial charge in [0, 0.05) is 12.2 Å². The summed E-state index contributed by atoms with van der Waals surface area (Å²) in [6.45, 7) is 7.15. The Labute approximate surface area is 138 Å². The van der Waals surface area contributed by atoms with Crippen LogP contribution < -0.4 is 5.32 Å². The van der Waals surface area contributed by atoms with Gasteiger partial charge in [0.15, 0.2) is 0 Å². The van der Waals surface area contributed by atoms with Crippen molar-refractivity contribution in [3.8, 4) is 0 Å². The van der Waals surface area contributed by atoms with Crippen LogP contribution in [0.2, 0.25) is 0 Å². The van der Waals surface area contributed by atoms with Crippen molar-refractivity contribution in [3.63, 3.8) is 0 Å². The molecule has 0 spiro atoms. The Hall–Kier alpha value is -1.43. The summed E-state index contributed by atoms with van der Waals surface area (Å²) in [5.41, 5.74) is 1.06. The van der Waals surface area contributed by atoms with Crippen molar-refractivity contribution >= 4 is 5.91 Å². The maximum Gasteiger partial charge on any atom is 0.251 e. The predicted molar refractivity (Wildman–Crippen MR) is 88.5 cm³/mol. The van der Waals surface area contributed by atoms with E-state index in [4.69, 9.17) is 9.47 Å². The first-order chi connectivity index (χ1) is 10.9. The molecular weight excluding hydrogens is 294 g/mol. The Morgan fingerprint density at radius 3 is 2.65 bits per heavy atom. The molecule has 0 bridgehead atoms. The number of aliphatic hydroxyl groups is 1. The number of aryl methyl sites for hydroxylation is 1. The summed E-state index contributed by atoms with van der Waals surface area (Å²) in [7, 11) is 0. The molecule has 23 heavy (non-hydrogen) atoms. The molecule has 128 valence electrons. The quantitative estimate of drug-likeness (QED) is 0.805. The molecule has 5 heteroatoms. The minimum atomic E-state index is -0.674. The first-order valence-electron chi connectivity index (χ1n) is 8.20. The van der Waals surface area contributed by atoms with Crippen LogP contribution in [0.25, 0.3) is 0 Å². The summed E-state index contributed by atoms with van der Waals surface area (Å²) in [5, 5.41) is 12.7. The van der Waals surface area contributed by atoms with E-state index in [0.717, 1.165) is 12.0 Å². The lowest BCUT2D eigenvalue weighted by atomic mass is 9.98. The Balaban J connectivity index is 1.90. The Kier molecular flexibility index (Phi) is 6.16. The second-order valence-corrected chi connectivity index (χ2v) is 6.62. The van der Waals surface area contributed by atoms with Crippen LogP contribution in [0.1, 0.15) is 43.1 Å². The summed E-state index contributed by atoms with van der Waals surface area (Å²) in [6, 6.07) is 7.41.